The van der Waals surface area contributed by atoms with Gasteiger partial charge in [-0.1, -0.05) is 0 Å². The molecule has 0 unspecified atom stereocenters. The lowest BCUT2D eigenvalue weighted by atomic mass is 10.2. The number of rotatable bonds is 4. The zero-order valence-electron chi connectivity index (χ0n) is 13.5. The lowest BCUT2D eigenvalue weighted by Crippen LogP contribution is -2.26. The van der Waals surface area contributed by atoms with E-state index in [2.05, 4.69) is 15.6 Å². The van der Waals surface area contributed by atoms with Crippen LogP contribution in [0.2, 0.25) is 0 Å². The smallest absolute Gasteiger partial charge is 0.357 e. The van der Waals surface area contributed by atoms with Gasteiger partial charge >= 0.3 is 5.97 Å². The third-order valence-corrected chi connectivity index (χ3v) is 5.32. The largest absolute Gasteiger partial charge is 0.461 e. The number of benzene rings is 1. The Labute approximate surface area is 152 Å². The molecular weight excluding hydrogens is 362 g/mol. The summed E-state index contributed by atoms with van der Waals surface area (Å²) in [5.41, 5.74) is 1.17. The first kappa shape index (κ1) is 17.4. The number of carbonyl (C=O) groups is 3. The molecule has 0 saturated heterocycles. The maximum absolute atomic E-state index is 12.4. The van der Waals surface area contributed by atoms with Gasteiger partial charge in [-0.2, -0.15) is 0 Å². The van der Waals surface area contributed by atoms with Crippen molar-refractivity contribution in [3.05, 3.63) is 34.8 Å². The van der Waals surface area contributed by atoms with Crippen molar-refractivity contribution in [1.29, 1.82) is 0 Å². The first-order valence-electron chi connectivity index (χ1n) is 7.53. The maximum atomic E-state index is 12.4. The van der Waals surface area contributed by atoms with E-state index < -0.39 is 5.97 Å². The van der Waals surface area contributed by atoms with Crippen LogP contribution in [0.3, 0.4) is 0 Å². The number of ether oxygens (including phenoxy) is 1. The van der Waals surface area contributed by atoms with Crippen molar-refractivity contribution in [2.24, 2.45) is 0 Å². The van der Waals surface area contributed by atoms with E-state index in [1.807, 2.05) is 6.92 Å². The number of thiazole rings is 1. The molecule has 130 valence electrons. The Bertz CT molecular complexity index is 850. The first-order chi connectivity index (χ1) is 12.0. The van der Waals surface area contributed by atoms with Crippen LogP contribution < -0.4 is 10.6 Å². The van der Waals surface area contributed by atoms with Crippen molar-refractivity contribution in [3.63, 3.8) is 0 Å². The van der Waals surface area contributed by atoms with Crippen LogP contribution in [0.1, 0.15) is 34.7 Å². The van der Waals surface area contributed by atoms with Crippen molar-refractivity contribution in [1.82, 2.24) is 4.98 Å². The normalized spacial score (nSPS) is 15.9. The van der Waals surface area contributed by atoms with E-state index in [0.29, 0.717) is 16.4 Å². The van der Waals surface area contributed by atoms with E-state index in [1.165, 1.54) is 17.1 Å². The molecule has 7 nitrogen and oxygen atoms in total. The van der Waals surface area contributed by atoms with Gasteiger partial charge in [0.05, 0.1) is 17.5 Å². The fraction of sp³-hybridized carbons (Fsp3) is 0.250. The Hall–Kier alpha value is -2.39. The van der Waals surface area contributed by atoms with E-state index >= 15 is 0 Å². The molecule has 2 heterocycles. The lowest BCUT2D eigenvalue weighted by Gasteiger charge is -2.21. The molecule has 2 N–H and O–H groups in total. The molecule has 3 rings (SSSR count). The highest BCUT2D eigenvalue weighted by molar-refractivity contribution is 8.00. The van der Waals surface area contributed by atoms with Crippen LogP contribution in [0.25, 0.3) is 0 Å². The minimum absolute atomic E-state index is 0.0888. The van der Waals surface area contributed by atoms with Gasteiger partial charge in [-0.05, 0) is 32.0 Å². The highest BCUT2D eigenvalue weighted by Crippen LogP contribution is 2.36. The van der Waals surface area contributed by atoms with Crippen LogP contribution in [-0.4, -0.2) is 34.6 Å². The van der Waals surface area contributed by atoms with Gasteiger partial charge in [-0.25, -0.2) is 9.78 Å². The van der Waals surface area contributed by atoms with Crippen molar-refractivity contribution in [3.8, 4) is 0 Å². The van der Waals surface area contributed by atoms with Crippen LogP contribution in [0.15, 0.2) is 28.5 Å². The van der Waals surface area contributed by atoms with Crippen molar-refractivity contribution in [2.75, 3.05) is 17.2 Å². The second kappa shape index (κ2) is 7.24. The van der Waals surface area contributed by atoms with Crippen LogP contribution in [0.5, 0.6) is 0 Å². The van der Waals surface area contributed by atoms with Crippen LogP contribution in [0, 0.1) is 0 Å². The maximum Gasteiger partial charge on any atom is 0.357 e. The third-order valence-electron chi connectivity index (χ3n) is 3.38. The van der Waals surface area contributed by atoms with Gasteiger partial charge in [0.15, 0.2) is 10.8 Å². The van der Waals surface area contributed by atoms with Gasteiger partial charge in [0.2, 0.25) is 5.91 Å². The molecule has 0 saturated carbocycles. The average molecular weight is 377 g/mol. The van der Waals surface area contributed by atoms with E-state index in [4.69, 9.17) is 4.74 Å². The number of nitrogens with zero attached hydrogens (tertiary/aromatic N) is 1. The zero-order valence-corrected chi connectivity index (χ0v) is 15.1. The van der Waals surface area contributed by atoms with Crippen LogP contribution >= 0.6 is 23.1 Å². The number of nitrogens with one attached hydrogen (secondary N) is 2. The van der Waals surface area contributed by atoms with Gasteiger partial charge in [-0.3, -0.25) is 14.9 Å². The summed E-state index contributed by atoms with van der Waals surface area (Å²) in [6.07, 6.45) is 0. The molecule has 1 aliphatic rings. The molecule has 25 heavy (non-hydrogen) atoms. The lowest BCUT2D eigenvalue weighted by molar-refractivity contribution is -0.115. The molecule has 1 atom stereocenters. The molecule has 0 bridgehead atoms. The number of amides is 2. The summed E-state index contributed by atoms with van der Waals surface area (Å²) in [4.78, 5) is 40.7. The minimum Gasteiger partial charge on any atom is -0.461 e. The predicted molar refractivity (Wildman–Crippen MR) is 96.4 cm³/mol. The van der Waals surface area contributed by atoms with Gasteiger partial charge in [0.25, 0.3) is 5.91 Å². The van der Waals surface area contributed by atoms with Crippen molar-refractivity contribution >= 4 is 51.7 Å². The Morgan fingerprint density at radius 2 is 2.20 bits per heavy atom. The second-order valence-corrected chi connectivity index (χ2v) is 7.41. The molecular formula is C16H15N3O4S2. The predicted octanol–water partition coefficient (Wildman–Crippen LogP) is 3.00. The number of carbonyl (C=O) groups excluding carboxylic acids is 3. The summed E-state index contributed by atoms with van der Waals surface area (Å²) in [6.45, 7) is 3.80. The fourth-order valence-electron chi connectivity index (χ4n) is 2.15. The number of hydrogen-bond donors (Lipinski definition) is 2. The number of fused-ring (bicyclic) bond motifs is 1. The van der Waals surface area contributed by atoms with E-state index in [0.717, 1.165) is 16.2 Å². The topological polar surface area (TPSA) is 97.4 Å². The third kappa shape index (κ3) is 3.83. The monoisotopic (exact) mass is 377 g/mol. The molecule has 2 aromatic rings. The number of hydrogen-bond acceptors (Lipinski definition) is 7. The van der Waals surface area contributed by atoms with Crippen molar-refractivity contribution in [2.45, 2.75) is 24.0 Å². The molecule has 2 amide bonds. The quantitative estimate of drug-likeness (QED) is 0.795. The number of anilines is 2. The molecule has 1 aromatic carbocycles. The summed E-state index contributed by atoms with van der Waals surface area (Å²) in [7, 11) is 0. The Kier molecular flexibility index (Phi) is 5.05. The zero-order chi connectivity index (χ0) is 18.0. The standard InChI is InChI=1S/C16H15N3O4S2/c1-3-23-15(22)11-7-24-16(18-11)19-14(21)9-4-5-12-10(6-9)17-13(20)8(2)25-12/h4-8H,3H2,1-2H3,(H,17,20)(H,18,19,21)/t8-/m0/s1. The highest BCUT2D eigenvalue weighted by Gasteiger charge is 2.24. The molecule has 0 spiro atoms. The van der Waals surface area contributed by atoms with Gasteiger partial charge in [0, 0.05) is 15.8 Å². The molecule has 1 aliphatic heterocycles. The number of thioether (sulfide) groups is 1. The van der Waals surface area contributed by atoms with E-state index in [9.17, 15) is 14.4 Å². The summed E-state index contributed by atoms with van der Waals surface area (Å²) in [5.74, 6) is -0.985. The summed E-state index contributed by atoms with van der Waals surface area (Å²) < 4.78 is 4.86. The minimum atomic E-state index is -0.526. The SMILES string of the molecule is CCOC(=O)c1csc(NC(=O)c2ccc3c(c2)NC(=O)[C@H](C)S3)n1. The molecule has 0 aliphatic carbocycles. The van der Waals surface area contributed by atoms with Crippen LogP contribution in [-0.2, 0) is 9.53 Å². The highest BCUT2D eigenvalue weighted by atomic mass is 32.2. The second-order valence-electron chi connectivity index (χ2n) is 5.17. The Morgan fingerprint density at radius 1 is 1.40 bits per heavy atom. The summed E-state index contributed by atoms with van der Waals surface area (Å²) in [5, 5.41) is 7.10. The van der Waals surface area contributed by atoms with Gasteiger partial charge in [-0.15, -0.1) is 23.1 Å². The summed E-state index contributed by atoms with van der Waals surface area (Å²) in [6, 6.07) is 5.11. The van der Waals surface area contributed by atoms with E-state index in [1.54, 1.807) is 25.1 Å². The molecule has 1 aromatic heterocycles. The molecule has 0 radical (unpaired) electrons. The average Bonchev–Trinajstić information content (AvgIpc) is 3.04. The Morgan fingerprint density at radius 3 is 2.96 bits per heavy atom. The Balaban J connectivity index is 1.73. The number of aromatic nitrogens is 1. The molecule has 0 fully saturated rings. The fourth-order valence-corrected chi connectivity index (χ4v) is 3.75. The van der Waals surface area contributed by atoms with E-state index in [-0.39, 0.29) is 29.4 Å². The first-order valence-corrected chi connectivity index (χ1v) is 9.29. The summed E-state index contributed by atoms with van der Waals surface area (Å²) >= 11 is 2.59. The van der Waals surface area contributed by atoms with Crippen LogP contribution in [0.4, 0.5) is 10.8 Å². The molecule has 9 heteroatoms. The van der Waals surface area contributed by atoms with Gasteiger partial charge in [0.1, 0.15) is 0 Å². The van der Waals surface area contributed by atoms with Gasteiger partial charge < -0.3 is 10.1 Å². The number of esters is 1. The van der Waals surface area contributed by atoms with Crippen molar-refractivity contribution < 1.29 is 19.1 Å².